The molecule has 1 heterocycles. The Morgan fingerprint density at radius 1 is 1.42 bits per heavy atom. The normalized spacial score (nSPS) is 14.5. The smallest absolute Gasteiger partial charge is 0.305 e. The van der Waals surface area contributed by atoms with E-state index in [1.807, 2.05) is 6.07 Å². The van der Waals surface area contributed by atoms with E-state index in [1.54, 1.807) is 24.1 Å². The van der Waals surface area contributed by atoms with Crippen LogP contribution in [0.3, 0.4) is 0 Å². The topological polar surface area (TPSA) is 126 Å². The number of rotatable bonds is 10. The summed E-state index contributed by atoms with van der Waals surface area (Å²) in [7, 11) is 0. The van der Waals surface area contributed by atoms with Crippen LogP contribution < -0.4 is 11.1 Å². The molecule has 1 aliphatic carbocycles. The van der Waals surface area contributed by atoms with Crippen LogP contribution in [-0.2, 0) is 20.8 Å². The molecule has 1 aromatic heterocycles. The van der Waals surface area contributed by atoms with Gasteiger partial charge in [0.2, 0.25) is 11.8 Å². The summed E-state index contributed by atoms with van der Waals surface area (Å²) in [5, 5.41) is 11.4. The second kappa shape index (κ2) is 9.17. The van der Waals surface area contributed by atoms with Crippen LogP contribution in [0.25, 0.3) is 0 Å². The number of nitrogens with zero attached hydrogens (tertiary/aromatic N) is 2. The summed E-state index contributed by atoms with van der Waals surface area (Å²) in [6, 6.07) is 3.32. The van der Waals surface area contributed by atoms with E-state index in [4.69, 9.17) is 10.8 Å². The molecule has 1 aliphatic rings. The van der Waals surface area contributed by atoms with E-state index in [0.29, 0.717) is 18.7 Å². The van der Waals surface area contributed by atoms with Crippen LogP contribution in [0, 0.1) is 0 Å². The van der Waals surface area contributed by atoms with Crippen molar-refractivity contribution in [3.05, 3.63) is 23.9 Å². The van der Waals surface area contributed by atoms with Crippen molar-refractivity contribution >= 4 is 23.6 Å². The fraction of sp³-hybridized carbons (Fsp3) is 0.556. The maximum absolute atomic E-state index is 12.5. The predicted octanol–water partition coefficient (Wildman–Crippen LogP) is 0.957. The minimum Gasteiger partial charge on any atom is -0.481 e. The van der Waals surface area contributed by atoms with E-state index in [0.717, 1.165) is 24.8 Å². The standard InChI is InChI=1S/C18H26N4O4/c1-12(9-18(25)26)21-16(23)11-22(14-5-6-14)17(24)4-2-3-13-7-8-20-15(19)10-13/h7-8,10,12,14H,2-6,9,11H2,1H3,(H2,19,20)(H,21,23)(H,25,26)/t12-/m1/s1. The van der Waals surface area contributed by atoms with Gasteiger partial charge in [0.15, 0.2) is 0 Å². The van der Waals surface area contributed by atoms with E-state index < -0.39 is 12.0 Å². The number of nitrogens with one attached hydrogen (secondary N) is 1. The molecule has 1 atom stereocenters. The van der Waals surface area contributed by atoms with Crippen molar-refractivity contribution in [2.75, 3.05) is 12.3 Å². The Balaban J connectivity index is 1.79. The minimum atomic E-state index is -0.968. The van der Waals surface area contributed by atoms with Crippen LogP contribution in [0.2, 0.25) is 0 Å². The zero-order valence-corrected chi connectivity index (χ0v) is 15.0. The van der Waals surface area contributed by atoms with Gasteiger partial charge in [-0.25, -0.2) is 4.98 Å². The maximum atomic E-state index is 12.5. The van der Waals surface area contributed by atoms with Gasteiger partial charge in [-0.1, -0.05) is 0 Å². The largest absolute Gasteiger partial charge is 0.481 e. The average molecular weight is 362 g/mol. The number of hydrogen-bond acceptors (Lipinski definition) is 5. The molecule has 2 rings (SSSR count). The van der Waals surface area contributed by atoms with Gasteiger partial charge in [0.25, 0.3) is 0 Å². The van der Waals surface area contributed by atoms with E-state index >= 15 is 0 Å². The molecule has 0 saturated heterocycles. The number of anilines is 1. The fourth-order valence-corrected chi connectivity index (χ4v) is 2.83. The third kappa shape index (κ3) is 6.70. The van der Waals surface area contributed by atoms with E-state index in [2.05, 4.69) is 10.3 Å². The number of hydrogen-bond donors (Lipinski definition) is 3. The number of aromatic nitrogens is 1. The third-order valence-electron chi connectivity index (χ3n) is 4.21. The van der Waals surface area contributed by atoms with Gasteiger partial charge < -0.3 is 21.1 Å². The van der Waals surface area contributed by atoms with Crippen molar-refractivity contribution in [1.82, 2.24) is 15.2 Å². The van der Waals surface area contributed by atoms with Crippen LogP contribution in [0.15, 0.2) is 18.3 Å². The Labute approximate surface area is 152 Å². The summed E-state index contributed by atoms with van der Waals surface area (Å²) in [6.45, 7) is 1.62. The fourth-order valence-electron chi connectivity index (χ4n) is 2.83. The van der Waals surface area contributed by atoms with E-state index in [-0.39, 0.29) is 30.8 Å². The Morgan fingerprint density at radius 2 is 2.15 bits per heavy atom. The highest BCUT2D eigenvalue weighted by molar-refractivity contribution is 5.85. The highest BCUT2D eigenvalue weighted by atomic mass is 16.4. The molecule has 26 heavy (non-hydrogen) atoms. The molecule has 1 saturated carbocycles. The Morgan fingerprint density at radius 3 is 2.77 bits per heavy atom. The number of nitrogen functional groups attached to an aromatic ring is 1. The first-order valence-corrected chi connectivity index (χ1v) is 8.86. The molecule has 0 aliphatic heterocycles. The number of carbonyl (C=O) groups excluding carboxylic acids is 2. The Kier molecular flexibility index (Phi) is 6.94. The van der Waals surface area contributed by atoms with Gasteiger partial charge in [0.05, 0.1) is 13.0 Å². The van der Waals surface area contributed by atoms with Crippen LogP contribution in [0.4, 0.5) is 5.82 Å². The second-order valence-corrected chi connectivity index (χ2v) is 6.76. The zero-order chi connectivity index (χ0) is 19.1. The summed E-state index contributed by atoms with van der Waals surface area (Å²) < 4.78 is 0. The van der Waals surface area contributed by atoms with Gasteiger partial charge in [-0.3, -0.25) is 14.4 Å². The zero-order valence-electron chi connectivity index (χ0n) is 15.0. The van der Waals surface area contributed by atoms with Gasteiger partial charge in [0, 0.05) is 24.7 Å². The first-order valence-electron chi connectivity index (χ1n) is 8.86. The molecule has 0 aromatic carbocycles. The maximum Gasteiger partial charge on any atom is 0.305 e. The Hall–Kier alpha value is -2.64. The summed E-state index contributed by atoms with van der Waals surface area (Å²) >= 11 is 0. The van der Waals surface area contributed by atoms with Crippen molar-refractivity contribution in [3.63, 3.8) is 0 Å². The molecule has 0 bridgehead atoms. The third-order valence-corrected chi connectivity index (χ3v) is 4.21. The SMILES string of the molecule is C[C@H](CC(=O)O)NC(=O)CN(C(=O)CCCc1ccnc(N)c1)C1CC1. The molecule has 142 valence electrons. The number of carbonyl (C=O) groups is 3. The van der Waals surface area contributed by atoms with Crippen LogP contribution >= 0.6 is 0 Å². The lowest BCUT2D eigenvalue weighted by Gasteiger charge is -2.23. The molecule has 0 radical (unpaired) electrons. The van der Waals surface area contributed by atoms with Crippen molar-refractivity contribution in [2.24, 2.45) is 0 Å². The summed E-state index contributed by atoms with van der Waals surface area (Å²) in [5.41, 5.74) is 6.67. The lowest BCUT2D eigenvalue weighted by molar-refractivity contribution is -0.139. The summed E-state index contributed by atoms with van der Waals surface area (Å²) in [4.78, 5) is 40.8. The molecule has 2 amide bonds. The number of amides is 2. The van der Waals surface area contributed by atoms with Gasteiger partial charge in [-0.2, -0.15) is 0 Å². The monoisotopic (exact) mass is 362 g/mol. The number of pyridine rings is 1. The van der Waals surface area contributed by atoms with Gasteiger partial charge in [-0.05, 0) is 50.3 Å². The second-order valence-electron chi connectivity index (χ2n) is 6.76. The van der Waals surface area contributed by atoms with Gasteiger partial charge >= 0.3 is 5.97 Å². The predicted molar refractivity (Wildman–Crippen MR) is 96.2 cm³/mol. The van der Waals surface area contributed by atoms with Crippen molar-refractivity contribution in [3.8, 4) is 0 Å². The van der Waals surface area contributed by atoms with Gasteiger partial charge in [-0.15, -0.1) is 0 Å². The molecule has 8 nitrogen and oxygen atoms in total. The highest BCUT2D eigenvalue weighted by Crippen LogP contribution is 2.27. The number of carboxylic acids is 1. The van der Waals surface area contributed by atoms with E-state index in [1.165, 1.54) is 0 Å². The van der Waals surface area contributed by atoms with Crippen molar-refractivity contribution in [1.29, 1.82) is 0 Å². The molecule has 0 unspecified atom stereocenters. The minimum absolute atomic E-state index is 0.0182. The molecular weight excluding hydrogens is 336 g/mol. The molecule has 8 heteroatoms. The van der Waals surface area contributed by atoms with E-state index in [9.17, 15) is 14.4 Å². The van der Waals surface area contributed by atoms with Crippen LogP contribution in [0.5, 0.6) is 0 Å². The molecule has 1 fully saturated rings. The van der Waals surface area contributed by atoms with Crippen molar-refractivity contribution in [2.45, 2.75) is 57.5 Å². The average Bonchev–Trinajstić information content (AvgIpc) is 3.36. The quantitative estimate of drug-likeness (QED) is 0.569. The van der Waals surface area contributed by atoms with Crippen LogP contribution in [0.1, 0.15) is 44.6 Å². The molecule has 0 spiro atoms. The lowest BCUT2D eigenvalue weighted by Crippen LogP contribution is -2.44. The number of aryl methyl sites for hydroxylation is 1. The first-order chi connectivity index (χ1) is 12.3. The van der Waals surface area contributed by atoms with Gasteiger partial charge in [0.1, 0.15) is 5.82 Å². The van der Waals surface area contributed by atoms with Crippen LogP contribution in [-0.4, -0.2) is 51.4 Å². The number of aliphatic carboxylic acids is 1. The lowest BCUT2D eigenvalue weighted by atomic mass is 10.1. The van der Waals surface area contributed by atoms with Crippen molar-refractivity contribution < 1.29 is 19.5 Å². The molecule has 1 aromatic rings. The number of nitrogens with two attached hydrogens (primary N) is 1. The molecule has 4 N–H and O–H groups in total. The number of carboxylic acid groups (broad SMARTS) is 1. The first kappa shape index (κ1) is 19.7. The summed E-state index contributed by atoms with van der Waals surface area (Å²) in [6.07, 6.45) is 5.07. The molecular formula is C18H26N4O4. The summed E-state index contributed by atoms with van der Waals surface area (Å²) in [5.74, 6) is -0.873. The Bertz CT molecular complexity index is 660. The highest BCUT2D eigenvalue weighted by Gasteiger charge is 2.33.